The molecule has 0 bridgehead atoms. The van der Waals surface area contributed by atoms with Crippen LogP contribution in [0.5, 0.6) is 0 Å². The summed E-state index contributed by atoms with van der Waals surface area (Å²) >= 11 is 1.25. The van der Waals surface area contributed by atoms with Gasteiger partial charge in [-0.15, -0.1) is 10.2 Å². The molecule has 0 atom stereocenters. The molecule has 106 valence electrons. The molecule has 7 nitrogen and oxygen atoms in total. The summed E-state index contributed by atoms with van der Waals surface area (Å²) in [5, 5.41) is 17.4. The Balaban J connectivity index is 2.22. The lowest BCUT2D eigenvalue weighted by molar-refractivity contribution is 0.0690. The van der Waals surface area contributed by atoms with Gasteiger partial charge in [0.1, 0.15) is 16.4 Å². The van der Waals surface area contributed by atoms with Gasteiger partial charge in [-0.1, -0.05) is 18.7 Å². The molecule has 0 fully saturated rings. The van der Waals surface area contributed by atoms with E-state index >= 15 is 0 Å². The highest BCUT2D eigenvalue weighted by atomic mass is 32.2. The van der Waals surface area contributed by atoms with Crippen molar-refractivity contribution in [1.82, 2.24) is 20.2 Å². The van der Waals surface area contributed by atoms with Crippen molar-refractivity contribution in [2.24, 2.45) is 0 Å². The first-order valence-corrected chi connectivity index (χ1v) is 7.02. The molecule has 0 unspecified atom stereocenters. The van der Waals surface area contributed by atoms with Crippen molar-refractivity contribution < 1.29 is 14.3 Å². The highest BCUT2D eigenvalue weighted by molar-refractivity contribution is 7.98. The Hall–Kier alpha value is -1.96. The first-order chi connectivity index (χ1) is 9.51. The van der Waals surface area contributed by atoms with Crippen molar-refractivity contribution in [1.29, 1.82) is 0 Å². The van der Waals surface area contributed by atoms with Crippen molar-refractivity contribution in [3.05, 3.63) is 28.9 Å². The smallest absolute Gasteiger partial charge is 0.340 e. The molecule has 0 aliphatic rings. The second kappa shape index (κ2) is 6.00. The molecule has 20 heavy (non-hydrogen) atoms. The molecule has 1 N–H and O–H groups in total. The third-order valence-corrected chi connectivity index (χ3v) is 3.49. The van der Waals surface area contributed by atoms with Gasteiger partial charge in [-0.3, -0.25) is 0 Å². The van der Waals surface area contributed by atoms with E-state index < -0.39 is 5.97 Å². The predicted molar refractivity (Wildman–Crippen MR) is 71.7 cm³/mol. The first kappa shape index (κ1) is 14.4. The molecule has 2 aromatic rings. The van der Waals surface area contributed by atoms with Crippen LogP contribution in [-0.4, -0.2) is 31.2 Å². The molecule has 0 aliphatic heterocycles. The lowest BCUT2D eigenvalue weighted by Gasteiger charge is -2.07. The number of thioether (sulfide) groups is 1. The first-order valence-electron chi connectivity index (χ1n) is 6.03. The SMILES string of the molecule is CCc1nnc(CSc2nc(C)nc(C)c2C(=O)O)o1. The summed E-state index contributed by atoms with van der Waals surface area (Å²) in [5.74, 6) is 0.897. The van der Waals surface area contributed by atoms with E-state index in [1.54, 1.807) is 13.8 Å². The molecule has 0 aromatic carbocycles. The lowest BCUT2D eigenvalue weighted by atomic mass is 10.2. The van der Waals surface area contributed by atoms with Gasteiger partial charge in [-0.2, -0.15) is 0 Å². The zero-order chi connectivity index (χ0) is 14.7. The number of aryl methyl sites for hydroxylation is 3. The highest BCUT2D eigenvalue weighted by Crippen LogP contribution is 2.25. The Morgan fingerprint density at radius 2 is 1.95 bits per heavy atom. The topological polar surface area (TPSA) is 102 Å². The average Bonchev–Trinajstić information content (AvgIpc) is 2.82. The minimum atomic E-state index is -1.04. The highest BCUT2D eigenvalue weighted by Gasteiger charge is 2.18. The second-order valence-corrected chi connectivity index (χ2v) is 5.04. The molecular weight excluding hydrogens is 280 g/mol. The minimum Gasteiger partial charge on any atom is -0.478 e. The summed E-state index contributed by atoms with van der Waals surface area (Å²) in [6.07, 6.45) is 0.670. The number of carbonyl (C=O) groups is 1. The number of aromatic nitrogens is 4. The Morgan fingerprint density at radius 3 is 2.55 bits per heavy atom. The molecule has 2 rings (SSSR count). The Kier molecular flexibility index (Phi) is 4.33. The van der Waals surface area contributed by atoms with Gasteiger partial charge < -0.3 is 9.52 Å². The van der Waals surface area contributed by atoms with Gasteiger partial charge >= 0.3 is 5.97 Å². The molecule has 0 amide bonds. The summed E-state index contributed by atoms with van der Waals surface area (Å²) in [6.45, 7) is 5.30. The standard InChI is InChI=1S/C12H14N4O3S/c1-4-8-15-16-9(19-8)5-20-11-10(12(17)18)6(2)13-7(3)14-11/h4-5H2,1-3H3,(H,17,18). The molecule has 0 saturated carbocycles. The van der Waals surface area contributed by atoms with Crippen molar-refractivity contribution in [3.8, 4) is 0 Å². The van der Waals surface area contributed by atoms with Crippen molar-refractivity contribution >= 4 is 17.7 Å². The fourth-order valence-corrected chi connectivity index (χ4v) is 2.60. The van der Waals surface area contributed by atoms with Crippen LogP contribution in [0.25, 0.3) is 0 Å². The van der Waals surface area contributed by atoms with Crippen LogP contribution in [0, 0.1) is 13.8 Å². The summed E-state index contributed by atoms with van der Waals surface area (Å²) in [6, 6.07) is 0. The van der Waals surface area contributed by atoms with E-state index in [0.717, 1.165) is 0 Å². The van der Waals surface area contributed by atoms with Gasteiger partial charge in [0.15, 0.2) is 0 Å². The Bertz CT molecular complexity index is 642. The van der Waals surface area contributed by atoms with E-state index in [9.17, 15) is 9.90 Å². The molecule has 0 saturated heterocycles. The van der Waals surface area contributed by atoms with Crippen LogP contribution in [0.4, 0.5) is 0 Å². The summed E-state index contributed by atoms with van der Waals surface area (Å²) in [7, 11) is 0. The van der Waals surface area contributed by atoms with Gasteiger partial charge in [0.25, 0.3) is 0 Å². The van der Waals surface area contributed by atoms with Gasteiger partial charge in [-0.25, -0.2) is 14.8 Å². The van der Waals surface area contributed by atoms with Crippen LogP contribution in [0.3, 0.4) is 0 Å². The molecule has 0 spiro atoms. The molecule has 2 aromatic heterocycles. The van der Waals surface area contributed by atoms with Crippen molar-refractivity contribution in [3.63, 3.8) is 0 Å². The molecule has 0 aliphatic carbocycles. The molecule has 2 heterocycles. The average molecular weight is 294 g/mol. The van der Waals surface area contributed by atoms with Crippen molar-refractivity contribution in [2.45, 2.75) is 38.0 Å². The fourth-order valence-electron chi connectivity index (χ4n) is 1.65. The van der Waals surface area contributed by atoms with Gasteiger partial charge in [0.2, 0.25) is 11.8 Å². The van der Waals surface area contributed by atoms with Crippen LogP contribution < -0.4 is 0 Å². The van der Waals surface area contributed by atoms with Gasteiger partial charge in [0.05, 0.1) is 11.4 Å². The normalized spacial score (nSPS) is 10.8. The van der Waals surface area contributed by atoms with Crippen LogP contribution in [0.1, 0.15) is 40.6 Å². The third kappa shape index (κ3) is 3.13. The maximum atomic E-state index is 11.3. The van der Waals surface area contributed by atoms with E-state index in [0.29, 0.717) is 40.5 Å². The van der Waals surface area contributed by atoms with E-state index in [1.807, 2.05) is 6.92 Å². The van der Waals surface area contributed by atoms with E-state index in [1.165, 1.54) is 11.8 Å². The third-order valence-electron chi connectivity index (χ3n) is 2.53. The van der Waals surface area contributed by atoms with Gasteiger partial charge in [-0.05, 0) is 13.8 Å². The molecule has 0 radical (unpaired) electrons. The maximum absolute atomic E-state index is 11.3. The number of aromatic carboxylic acids is 1. The van der Waals surface area contributed by atoms with E-state index in [4.69, 9.17) is 4.42 Å². The fraction of sp³-hybridized carbons (Fsp3) is 0.417. The quantitative estimate of drug-likeness (QED) is 0.660. The second-order valence-electron chi connectivity index (χ2n) is 4.07. The molecular formula is C12H14N4O3S. The lowest BCUT2D eigenvalue weighted by Crippen LogP contribution is -2.08. The van der Waals surface area contributed by atoms with Crippen LogP contribution in [0.2, 0.25) is 0 Å². The number of rotatable bonds is 5. The Morgan fingerprint density at radius 1 is 1.25 bits per heavy atom. The molecule has 8 heteroatoms. The Labute approximate surface area is 119 Å². The summed E-state index contributed by atoms with van der Waals surface area (Å²) < 4.78 is 5.38. The maximum Gasteiger partial charge on any atom is 0.340 e. The minimum absolute atomic E-state index is 0.121. The number of carboxylic acids is 1. The van der Waals surface area contributed by atoms with E-state index in [-0.39, 0.29) is 5.56 Å². The van der Waals surface area contributed by atoms with E-state index in [2.05, 4.69) is 20.2 Å². The number of hydrogen-bond acceptors (Lipinski definition) is 7. The monoisotopic (exact) mass is 294 g/mol. The zero-order valence-corrected chi connectivity index (χ0v) is 12.2. The number of nitrogens with zero attached hydrogens (tertiary/aromatic N) is 4. The predicted octanol–water partition coefficient (Wildman–Crippen LogP) is 2.03. The van der Waals surface area contributed by atoms with Crippen LogP contribution >= 0.6 is 11.8 Å². The van der Waals surface area contributed by atoms with Gasteiger partial charge in [0, 0.05) is 6.42 Å². The van der Waals surface area contributed by atoms with Crippen molar-refractivity contribution in [2.75, 3.05) is 0 Å². The number of carboxylic acid groups (broad SMARTS) is 1. The van der Waals surface area contributed by atoms with Crippen LogP contribution in [-0.2, 0) is 12.2 Å². The number of hydrogen-bond donors (Lipinski definition) is 1. The summed E-state index contributed by atoms with van der Waals surface area (Å²) in [5.41, 5.74) is 0.572. The largest absolute Gasteiger partial charge is 0.478 e. The summed E-state index contributed by atoms with van der Waals surface area (Å²) in [4.78, 5) is 19.5. The van der Waals surface area contributed by atoms with Crippen LogP contribution in [0.15, 0.2) is 9.44 Å². The zero-order valence-electron chi connectivity index (χ0n) is 11.4.